The van der Waals surface area contributed by atoms with Crippen molar-refractivity contribution in [2.24, 2.45) is 0 Å². The standard InChI is InChI=1S/C17H23NO2/c1-3-5-11-18(12-6-4-2)15-9-7-14-8-10-17(19)20-16(14)13-15/h7-10,13H,3-6,11-12H2,1-2H3. The highest BCUT2D eigenvalue weighted by molar-refractivity contribution is 5.80. The van der Waals surface area contributed by atoms with Crippen LogP contribution in [-0.4, -0.2) is 13.1 Å². The molecule has 1 aromatic heterocycles. The Hall–Kier alpha value is -1.77. The Morgan fingerprint density at radius 2 is 1.65 bits per heavy atom. The van der Waals surface area contributed by atoms with Crippen LogP contribution in [0.4, 0.5) is 5.69 Å². The molecule has 0 aliphatic rings. The predicted octanol–water partition coefficient (Wildman–Crippen LogP) is 4.20. The maximum atomic E-state index is 11.3. The fourth-order valence-corrected chi connectivity index (χ4v) is 2.31. The van der Waals surface area contributed by atoms with Crippen molar-refractivity contribution >= 4 is 16.7 Å². The number of rotatable bonds is 7. The third-order valence-corrected chi connectivity index (χ3v) is 3.53. The Bertz CT molecular complexity index is 595. The van der Waals surface area contributed by atoms with Gasteiger partial charge in [0.1, 0.15) is 5.58 Å². The monoisotopic (exact) mass is 273 g/mol. The van der Waals surface area contributed by atoms with Gasteiger partial charge < -0.3 is 9.32 Å². The summed E-state index contributed by atoms with van der Waals surface area (Å²) in [5.41, 5.74) is 1.53. The minimum atomic E-state index is -0.289. The van der Waals surface area contributed by atoms with Crippen LogP contribution in [0.3, 0.4) is 0 Å². The largest absolute Gasteiger partial charge is 0.423 e. The Balaban J connectivity index is 2.28. The summed E-state index contributed by atoms with van der Waals surface area (Å²) in [7, 11) is 0. The van der Waals surface area contributed by atoms with Crippen molar-refractivity contribution < 1.29 is 4.42 Å². The summed E-state index contributed by atoms with van der Waals surface area (Å²) in [6, 6.07) is 9.41. The molecule has 0 spiro atoms. The SMILES string of the molecule is CCCCN(CCCC)c1ccc2ccc(=O)oc2c1. The molecule has 108 valence electrons. The molecular weight excluding hydrogens is 250 g/mol. The zero-order valence-electron chi connectivity index (χ0n) is 12.4. The Morgan fingerprint density at radius 3 is 2.30 bits per heavy atom. The van der Waals surface area contributed by atoms with Gasteiger partial charge in [0, 0.05) is 36.3 Å². The molecule has 0 unspecified atom stereocenters. The van der Waals surface area contributed by atoms with E-state index in [0.717, 1.165) is 24.2 Å². The van der Waals surface area contributed by atoms with Crippen molar-refractivity contribution in [3.8, 4) is 0 Å². The van der Waals surface area contributed by atoms with Crippen molar-refractivity contribution in [2.45, 2.75) is 39.5 Å². The summed E-state index contributed by atoms with van der Waals surface area (Å²) in [6.07, 6.45) is 4.73. The number of anilines is 1. The number of fused-ring (bicyclic) bond motifs is 1. The van der Waals surface area contributed by atoms with E-state index in [1.54, 1.807) is 0 Å². The first-order chi connectivity index (χ1) is 9.74. The number of benzene rings is 1. The Kier molecular flexibility index (Phi) is 5.22. The van der Waals surface area contributed by atoms with E-state index in [0.29, 0.717) is 5.58 Å². The molecule has 1 aromatic carbocycles. The lowest BCUT2D eigenvalue weighted by molar-refractivity contribution is 0.560. The van der Waals surface area contributed by atoms with E-state index in [-0.39, 0.29) is 5.63 Å². The molecule has 2 rings (SSSR count). The van der Waals surface area contributed by atoms with Crippen molar-refractivity contribution in [1.29, 1.82) is 0 Å². The third kappa shape index (κ3) is 3.62. The van der Waals surface area contributed by atoms with Crippen molar-refractivity contribution in [1.82, 2.24) is 0 Å². The lowest BCUT2D eigenvalue weighted by Gasteiger charge is -2.24. The van der Waals surface area contributed by atoms with Crippen LogP contribution in [0.15, 0.2) is 39.5 Å². The van der Waals surface area contributed by atoms with Gasteiger partial charge in [-0.3, -0.25) is 0 Å². The maximum absolute atomic E-state index is 11.3. The molecule has 2 aromatic rings. The average molecular weight is 273 g/mol. The molecule has 0 saturated carbocycles. The van der Waals surface area contributed by atoms with Gasteiger partial charge in [0.15, 0.2) is 0 Å². The molecule has 0 saturated heterocycles. The van der Waals surface area contributed by atoms with Crippen LogP contribution >= 0.6 is 0 Å². The van der Waals surface area contributed by atoms with Crippen LogP contribution < -0.4 is 10.5 Å². The molecule has 3 nitrogen and oxygen atoms in total. The summed E-state index contributed by atoms with van der Waals surface area (Å²) >= 11 is 0. The molecule has 0 aliphatic heterocycles. The van der Waals surface area contributed by atoms with E-state index in [2.05, 4.69) is 24.8 Å². The normalized spacial score (nSPS) is 10.9. The predicted molar refractivity (Wildman–Crippen MR) is 84.5 cm³/mol. The Labute approximate surface area is 120 Å². The van der Waals surface area contributed by atoms with Gasteiger partial charge >= 0.3 is 5.63 Å². The van der Waals surface area contributed by atoms with E-state index in [1.165, 1.54) is 31.7 Å². The lowest BCUT2D eigenvalue weighted by atomic mass is 10.2. The second-order valence-corrected chi connectivity index (χ2v) is 5.17. The fraction of sp³-hybridized carbons (Fsp3) is 0.471. The van der Waals surface area contributed by atoms with Crippen LogP contribution in [0, 0.1) is 0 Å². The first-order valence-electron chi connectivity index (χ1n) is 7.53. The smallest absolute Gasteiger partial charge is 0.336 e. The van der Waals surface area contributed by atoms with Crippen LogP contribution in [0.1, 0.15) is 39.5 Å². The summed E-state index contributed by atoms with van der Waals surface area (Å²) in [4.78, 5) is 13.7. The van der Waals surface area contributed by atoms with E-state index in [9.17, 15) is 4.79 Å². The average Bonchev–Trinajstić information content (AvgIpc) is 2.46. The van der Waals surface area contributed by atoms with Gasteiger partial charge in [0.05, 0.1) is 0 Å². The topological polar surface area (TPSA) is 33.5 Å². The molecule has 0 bridgehead atoms. The molecule has 3 heteroatoms. The van der Waals surface area contributed by atoms with Gasteiger partial charge in [0.2, 0.25) is 0 Å². The number of hydrogen-bond acceptors (Lipinski definition) is 3. The first kappa shape index (κ1) is 14.6. The summed E-state index contributed by atoms with van der Waals surface area (Å²) in [5, 5.41) is 0.972. The van der Waals surface area contributed by atoms with E-state index in [1.807, 2.05) is 18.2 Å². The molecule has 0 N–H and O–H groups in total. The highest BCUT2D eigenvalue weighted by Crippen LogP contribution is 2.22. The van der Waals surface area contributed by atoms with Gasteiger partial charge in [-0.25, -0.2) is 4.79 Å². The second kappa shape index (κ2) is 7.13. The van der Waals surface area contributed by atoms with Crippen LogP contribution in [-0.2, 0) is 0 Å². The van der Waals surface area contributed by atoms with Crippen molar-refractivity contribution in [3.05, 3.63) is 40.8 Å². The highest BCUT2D eigenvalue weighted by atomic mass is 16.4. The van der Waals surface area contributed by atoms with Crippen LogP contribution in [0.2, 0.25) is 0 Å². The second-order valence-electron chi connectivity index (χ2n) is 5.17. The summed E-state index contributed by atoms with van der Waals surface area (Å²) in [5.74, 6) is 0. The molecule has 0 fully saturated rings. The molecule has 0 atom stereocenters. The maximum Gasteiger partial charge on any atom is 0.336 e. The number of nitrogens with zero attached hydrogens (tertiary/aromatic N) is 1. The molecule has 0 aliphatic carbocycles. The van der Waals surface area contributed by atoms with Gasteiger partial charge in [-0.1, -0.05) is 26.7 Å². The zero-order chi connectivity index (χ0) is 14.4. The molecular formula is C17H23NO2. The summed E-state index contributed by atoms with van der Waals surface area (Å²) in [6.45, 7) is 6.52. The van der Waals surface area contributed by atoms with E-state index < -0.39 is 0 Å². The third-order valence-electron chi connectivity index (χ3n) is 3.53. The van der Waals surface area contributed by atoms with Crippen LogP contribution in [0.5, 0.6) is 0 Å². The fourth-order valence-electron chi connectivity index (χ4n) is 2.31. The minimum Gasteiger partial charge on any atom is -0.423 e. The van der Waals surface area contributed by atoms with Gasteiger partial charge in [-0.2, -0.15) is 0 Å². The molecule has 0 radical (unpaired) electrons. The van der Waals surface area contributed by atoms with Gasteiger partial charge in [-0.15, -0.1) is 0 Å². The van der Waals surface area contributed by atoms with Gasteiger partial charge in [-0.05, 0) is 31.0 Å². The zero-order valence-corrected chi connectivity index (χ0v) is 12.4. The van der Waals surface area contributed by atoms with Crippen molar-refractivity contribution in [2.75, 3.05) is 18.0 Å². The minimum absolute atomic E-state index is 0.289. The number of unbranched alkanes of at least 4 members (excludes halogenated alkanes) is 2. The van der Waals surface area contributed by atoms with E-state index >= 15 is 0 Å². The van der Waals surface area contributed by atoms with Gasteiger partial charge in [0.25, 0.3) is 0 Å². The Morgan fingerprint density at radius 1 is 1.00 bits per heavy atom. The molecule has 0 amide bonds. The number of hydrogen-bond donors (Lipinski definition) is 0. The quantitative estimate of drug-likeness (QED) is 0.709. The van der Waals surface area contributed by atoms with Crippen LogP contribution in [0.25, 0.3) is 11.0 Å². The first-order valence-corrected chi connectivity index (χ1v) is 7.53. The van der Waals surface area contributed by atoms with E-state index in [4.69, 9.17) is 4.42 Å². The molecule has 20 heavy (non-hydrogen) atoms. The molecule has 1 heterocycles. The summed E-state index contributed by atoms with van der Waals surface area (Å²) < 4.78 is 5.28. The van der Waals surface area contributed by atoms with Crippen molar-refractivity contribution in [3.63, 3.8) is 0 Å². The highest BCUT2D eigenvalue weighted by Gasteiger charge is 2.07. The lowest BCUT2D eigenvalue weighted by Crippen LogP contribution is -2.25.